The van der Waals surface area contributed by atoms with E-state index in [0.29, 0.717) is 15.5 Å². The SMILES string of the molecule is NCC12CC3CC(CC(C3)C1)C2.O=C(CCC(=O)OCCOC(=O)CCC(=O)NCC12CC3CC(CC(C3)C1)C2)NCC12CC3CC(CC(C3)C1)C2.O=C(CCC(=O)ON1C(=O)CCC1=O)OCCOC(=O)CCC(=O)ON1C(=O)CCC1=O. The highest BCUT2D eigenvalue weighted by Crippen LogP contribution is 2.62. The van der Waals surface area contributed by atoms with Crippen LogP contribution < -0.4 is 16.4 Å². The molecular formula is C61H87N5O18. The van der Waals surface area contributed by atoms with E-state index in [4.69, 9.17) is 24.7 Å². The molecule has 14 aliphatic rings. The molecule has 23 heteroatoms. The molecule has 0 aromatic rings. The van der Waals surface area contributed by atoms with Crippen molar-refractivity contribution in [3.05, 3.63) is 0 Å². The minimum Gasteiger partial charge on any atom is -0.462 e. The third-order valence-corrected chi connectivity index (χ3v) is 20.0. The van der Waals surface area contributed by atoms with Crippen molar-refractivity contribution in [2.24, 2.45) is 75.2 Å². The lowest BCUT2D eigenvalue weighted by atomic mass is 9.49. The molecule has 84 heavy (non-hydrogen) atoms. The van der Waals surface area contributed by atoms with Crippen molar-refractivity contribution in [3.63, 3.8) is 0 Å². The van der Waals surface area contributed by atoms with Gasteiger partial charge >= 0.3 is 35.8 Å². The minimum absolute atomic E-state index is 0.0184. The lowest BCUT2D eigenvalue weighted by Gasteiger charge is -2.56. The van der Waals surface area contributed by atoms with Crippen LogP contribution in [0.1, 0.15) is 193 Å². The number of hydrogen-bond donors (Lipinski definition) is 3. The van der Waals surface area contributed by atoms with Crippen LogP contribution in [0.5, 0.6) is 0 Å². The van der Waals surface area contributed by atoms with Crippen molar-refractivity contribution in [3.8, 4) is 0 Å². The first kappa shape index (κ1) is 62.5. The third kappa shape index (κ3) is 17.1. The molecule has 14 rings (SSSR count). The maximum atomic E-state index is 12.4. The highest BCUT2D eigenvalue weighted by atomic mass is 16.7. The first-order valence-corrected chi connectivity index (χ1v) is 31.2. The first-order chi connectivity index (χ1) is 40.2. The molecule has 14 fully saturated rings. The van der Waals surface area contributed by atoms with Crippen LogP contribution in [-0.2, 0) is 86.2 Å². The van der Waals surface area contributed by atoms with Crippen LogP contribution in [0.4, 0.5) is 0 Å². The maximum absolute atomic E-state index is 12.4. The van der Waals surface area contributed by atoms with Gasteiger partial charge in [0, 0.05) is 51.6 Å². The van der Waals surface area contributed by atoms with E-state index < -0.39 is 72.3 Å². The molecule has 12 saturated carbocycles. The van der Waals surface area contributed by atoms with Crippen molar-refractivity contribution < 1.29 is 86.2 Å². The Morgan fingerprint density at radius 2 is 0.583 bits per heavy atom. The molecule has 0 aromatic heterocycles. The van der Waals surface area contributed by atoms with Crippen LogP contribution in [-0.4, -0.2) is 127 Å². The Morgan fingerprint density at radius 1 is 0.357 bits per heavy atom. The molecule has 0 aromatic carbocycles. The normalized spacial score (nSPS) is 32.2. The van der Waals surface area contributed by atoms with Crippen molar-refractivity contribution >= 4 is 71.3 Å². The van der Waals surface area contributed by atoms with Gasteiger partial charge in [0.15, 0.2) is 0 Å². The monoisotopic (exact) mass is 1180 g/mol. The summed E-state index contributed by atoms with van der Waals surface area (Å²) in [7, 11) is 0. The number of imide groups is 2. The van der Waals surface area contributed by atoms with Gasteiger partial charge < -0.3 is 45.0 Å². The van der Waals surface area contributed by atoms with E-state index in [1.165, 1.54) is 116 Å². The van der Waals surface area contributed by atoms with Crippen LogP contribution in [0.15, 0.2) is 0 Å². The second-order valence-electron chi connectivity index (χ2n) is 27.0. The van der Waals surface area contributed by atoms with Crippen molar-refractivity contribution in [2.45, 2.75) is 193 Å². The van der Waals surface area contributed by atoms with Gasteiger partial charge in [-0.05, 0) is 192 Å². The minimum atomic E-state index is -0.957. The lowest BCUT2D eigenvalue weighted by molar-refractivity contribution is -0.197. The molecule has 0 atom stereocenters. The molecule has 12 bridgehead atoms. The Labute approximate surface area is 490 Å². The standard InChI is InChI=1S/C32H48N2O6.C18H20N2O12.C11H19N/c35-27(33-19-31-13-21-7-22(14-31)9-23(8-21)15-31)1-3-29(37)39-5-6-40-30(38)4-2-28(36)34-20-32-16-24-10-25(17-32)12-26(11-24)18-32;21-11-1-2-12(22)19(11)31-17(27)7-5-15(25)29-9-10-30-16(26)6-8-18(28)32-20-13(23)3-4-14(20)24;12-7-11-4-8-1-9(5-11)3-10(2-8)6-11/h21-26H,1-20H2,(H,33,35)(H,34,36);1-10H2;8-10H,1-7,12H2. The Morgan fingerprint density at radius 3 is 0.833 bits per heavy atom. The molecule has 23 nitrogen and oxygen atoms in total. The van der Waals surface area contributed by atoms with Gasteiger partial charge in [0.2, 0.25) is 11.8 Å². The average molecular weight is 1180 g/mol. The van der Waals surface area contributed by atoms with Crippen LogP contribution in [0.3, 0.4) is 0 Å². The van der Waals surface area contributed by atoms with Crippen LogP contribution in [0, 0.1) is 69.5 Å². The van der Waals surface area contributed by atoms with E-state index in [0.717, 1.165) is 72.9 Å². The molecule has 464 valence electrons. The van der Waals surface area contributed by atoms with Gasteiger partial charge in [-0.3, -0.25) is 47.9 Å². The number of ether oxygens (including phenoxy) is 4. The Bertz CT molecular complexity index is 2230. The second-order valence-corrected chi connectivity index (χ2v) is 27.0. The second kappa shape index (κ2) is 28.0. The number of hydroxylamine groups is 4. The van der Waals surface area contributed by atoms with E-state index in [9.17, 15) is 57.5 Å². The number of carbonyl (C=O) groups excluding carboxylic acids is 12. The summed E-state index contributed by atoms with van der Waals surface area (Å²) in [6, 6.07) is 0. The van der Waals surface area contributed by atoms with Crippen LogP contribution in [0.25, 0.3) is 0 Å². The predicted molar refractivity (Wildman–Crippen MR) is 292 cm³/mol. The average Bonchev–Trinajstić information content (AvgIpc) is 1.22. The zero-order valence-electron chi connectivity index (χ0n) is 48.7. The van der Waals surface area contributed by atoms with Crippen molar-refractivity contribution in [1.82, 2.24) is 20.8 Å². The van der Waals surface area contributed by atoms with Crippen molar-refractivity contribution in [1.29, 1.82) is 0 Å². The number of nitrogens with zero attached hydrogens (tertiary/aromatic N) is 2. The lowest BCUT2D eigenvalue weighted by Crippen LogP contribution is -2.51. The Balaban J connectivity index is 0.000000170. The molecule has 2 saturated heterocycles. The molecule has 0 radical (unpaired) electrons. The quantitative estimate of drug-likeness (QED) is 0.0451. The van der Waals surface area contributed by atoms with Crippen molar-refractivity contribution in [2.75, 3.05) is 46.1 Å². The summed E-state index contributed by atoms with van der Waals surface area (Å²) >= 11 is 0. The van der Waals surface area contributed by atoms with Gasteiger partial charge in [-0.2, -0.15) is 0 Å². The zero-order valence-corrected chi connectivity index (χ0v) is 48.7. The maximum Gasteiger partial charge on any atom is 0.333 e. The Kier molecular flexibility index (Phi) is 20.9. The van der Waals surface area contributed by atoms with Gasteiger partial charge in [-0.1, -0.05) is 0 Å². The summed E-state index contributed by atoms with van der Waals surface area (Å²) < 4.78 is 19.8. The summed E-state index contributed by atoms with van der Waals surface area (Å²) in [5.74, 6) is 1.08. The predicted octanol–water partition coefficient (Wildman–Crippen LogP) is 5.31. The van der Waals surface area contributed by atoms with E-state index in [2.05, 4.69) is 20.3 Å². The number of esters is 4. The first-order valence-electron chi connectivity index (χ1n) is 31.2. The van der Waals surface area contributed by atoms with Crippen LogP contribution in [0.2, 0.25) is 0 Å². The largest absolute Gasteiger partial charge is 0.462 e. The molecule has 2 heterocycles. The summed E-state index contributed by atoms with van der Waals surface area (Å²) in [4.78, 5) is 149. The molecule has 12 aliphatic carbocycles. The fourth-order valence-electron chi connectivity index (χ4n) is 17.7. The number of nitrogens with two attached hydrogens (primary N) is 1. The zero-order chi connectivity index (χ0) is 59.6. The summed E-state index contributed by atoms with van der Waals surface area (Å²) in [5, 5.41) is 6.92. The number of amides is 6. The molecule has 2 aliphatic heterocycles. The number of carbonyl (C=O) groups is 12. The van der Waals surface area contributed by atoms with Gasteiger partial charge in [0.1, 0.15) is 26.4 Å². The molecule has 0 spiro atoms. The third-order valence-electron chi connectivity index (χ3n) is 20.0. The molecule has 6 amide bonds. The number of hydrogen-bond acceptors (Lipinski definition) is 19. The number of nitrogens with one attached hydrogen (secondary N) is 2. The van der Waals surface area contributed by atoms with E-state index in [1.54, 1.807) is 0 Å². The Hall–Kier alpha value is -6.00. The van der Waals surface area contributed by atoms with E-state index >= 15 is 0 Å². The molecular weight excluding hydrogens is 1090 g/mol. The van der Waals surface area contributed by atoms with Crippen LogP contribution >= 0.6 is 0 Å². The van der Waals surface area contributed by atoms with Gasteiger partial charge in [-0.25, -0.2) is 9.59 Å². The molecule has 0 unspecified atom stereocenters. The summed E-state index contributed by atoms with van der Waals surface area (Å²) in [6.45, 7) is 1.72. The molecule has 4 N–H and O–H groups in total. The fourth-order valence-corrected chi connectivity index (χ4v) is 17.7. The fraction of sp³-hybridized carbons (Fsp3) is 0.803. The topological polar surface area (TPSA) is 317 Å². The van der Waals surface area contributed by atoms with E-state index in [-0.39, 0.29) is 113 Å². The number of rotatable bonds is 25. The van der Waals surface area contributed by atoms with Gasteiger partial charge in [0.05, 0.1) is 38.5 Å². The van der Waals surface area contributed by atoms with Gasteiger partial charge in [0.25, 0.3) is 23.6 Å². The van der Waals surface area contributed by atoms with E-state index in [1.807, 2.05) is 0 Å². The highest BCUT2D eigenvalue weighted by molar-refractivity contribution is 6.02. The smallest absolute Gasteiger partial charge is 0.333 e. The highest BCUT2D eigenvalue weighted by Gasteiger charge is 2.53. The summed E-state index contributed by atoms with van der Waals surface area (Å²) in [6.07, 6.45) is 23.2. The summed E-state index contributed by atoms with van der Waals surface area (Å²) in [5.41, 5.74) is 7.11. The van der Waals surface area contributed by atoms with Gasteiger partial charge in [-0.15, -0.1) is 10.1 Å².